The number of aryl methyl sites for hydroxylation is 1. The van der Waals surface area contributed by atoms with Gasteiger partial charge in [0, 0.05) is 37.3 Å². The molecule has 4 rings (SSSR count). The second-order valence-corrected chi connectivity index (χ2v) is 8.68. The fraction of sp³-hybridized carbons (Fsp3) is 0.400. The molecule has 1 aliphatic heterocycles. The maximum absolute atomic E-state index is 13.0. The summed E-state index contributed by atoms with van der Waals surface area (Å²) in [5.41, 5.74) is 3.20. The summed E-state index contributed by atoms with van der Waals surface area (Å²) in [7, 11) is 1.59. The van der Waals surface area contributed by atoms with Crippen molar-refractivity contribution in [2.24, 2.45) is 0 Å². The van der Waals surface area contributed by atoms with Crippen LogP contribution >= 0.6 is 22.7 Å². The SMILES string of the molecule is COCCNC(=O)c1sc2ncccc2c1C1CN(C(=O)c2scnc2C)CCO1. The molecule has 3 aromatic heterocycles. The number of rotatable bonds is 6. The fourth-order valence-corrected chi connectivity index (χ4v) is 5.33. The van der Waals surface area contributed by atoms with E-state index in [0.717, 1.165) is 21.5 Å². The summed E-state index contributed by atoms with van der Waals surface area (Å²) >= 11 is 2.68. The second kappa shape index (κ2) is 9.17. The Bertz CT molecular complexity index is 1060. The first-order valence-corrected chi connectivity index (χ1v) is 11.2. The minimum absolute atomic E-state index is 0.0490. The number of amides is 2. The van der Waals surface area contributed by atoms with Crippen molar-refractivity contribution < 1.29 is 19.1 Å². The fourth-order valence-electron chi connectivity index (χ4n) is 3.45. The smallest absolute Gasteiger partial charge is 0.266 e. The molecule has 2 amide bonds. The van der Waals surface area contributed by atoms with E-state index in [1.165, 1.54) is 22.7 Å². The number of morpholine rings is 1. The molecule has 30 heavy (non-hydrogen) atoms. The Morgan fingerprint density at radius 3 is 3.00 bits per heavy atom. The first-order valence-electron chi connectivity index (χ1n) is 9.55. The van der Waals surface area contributed by atoms with Crippen LogP contribution in [-0.4, -0.2) is 66.6 Å². The van der Waals surface area contributed by atoms with Crippen LogP contribution in [0.4, 0.5) is 0 Å². The predicted molar refractivity (Wildman–Crippen MR) is 115 cm³/mol. The number of thiophene rings is 1. The number of thiazole rings is 1. The molecule has 1 N–H and O–H groups in total. The molecule has 158 valence electrons. The minimum atomic E-state index is -0.406. The number of methoxy groups -OCH3 is 1. The molecular weight excluding hydrogens is 424 g/mol. The maximum atomic E-state index is 13.0. The molecule has 0 radical (unpaired) electrons. The predicted octanol–water partition coefficient (Wildman–Crippen LogP) is 2.65. The van der Waals surface area contributed by atoms with Gasteiger partial charge < -0.3 is 19.7 Å². The molecule has 1 fully saturated rings. The first-order chi connectivity index (χ1) is 14.6. The summed E-state index contributed by atoms with van der Waals surface area (Å²) in [4.78, 5) is 38.2. The van der Waals surface area contributed by atoms with E-state index >= 15 is 0 Å². The average molecular weight is 447 g/mol. The Hall–Kier alpha value is -2.40. The van der Waals surface area contributed by atoms with Gasteiger partial charge in [-0.3, -0.25) is 9.59 Å². The van der Waals surface area contributed by atoms with E-state index in [-0.39, 0.29) is 11.8 Å². The molecule has 0 saturated carbocycles. The van der Waals surface area contributed by atoms with Gasteiger partial charge in [-0.2, -0.15) is 0 Å². The number of aromatic nitrogens is 2. The van der Waals surface area contributed by atoms with Crippen molar-refractivity contribution in [2.75, 3.05) is 40.0 Å². The molecular formula is C20H22N4O4S2. The van der Waals surface area contributed by atoms with Gasteiger partial charge in [-0.25, -0.2) is 9.97 Å². The zero-order valence-electron chi connectivity index (χ0n) is 16.7. The van der Waals surface area contributed by atoms with Gasteiger partial charge in [-0.05, 0) is 13.0 Å². The van der Waals surface area contributed by atoms with Crippen LogP contribution < -0.4 is 5.32 Å². The van der Waals surface area contributed by atoms with Crippen LogP contribution in [0.1, 0.15) is 36.7 Å². The molecule has 0 aromatic carbocycles. The zero-order chi connectivity index (χ0) is 21.1. The van der Waals surface area contributed by atoms with Gasteiger partial charge in [0.2, 0.25) is 0 Å². The third-order valence-electron chi connectivity index (χ3n) is 4.92. The number of hydrogen-bond donors (Lipinski definition) is 1. The van der Waals surface area contributed by atoms with E-state index in [4.69, 9.17) is 9.47 Å². The number of fused-ring (bicyclic) bond motifs is 1. The molecule has 0 aliphatic carbocycles. The third-order valence-corrected chi connectivity index (χ3v) is 6.96. The van der Waals surface area contributed by atoms with Gasteiger partial charge in [0.15, 0.2) is 0 Å². The van der Waals surface area contributed by atoms with Crippen molar-refractivity contribution in [1.29, 1.82) is 0 Å². The maximum Gasteiger partial charge on any atom is 0.266 e. The van der Waals surface area contributed by atoms with Crippen LogP contribution in [0.15, 0.2) is 23.8 Å². The van der Waals surface area contributed by atoms with Crippen LogP contribution in [-0.2, 0) is 9.47 Å². The van der Waals surface area contributed by atoms with Crippen molar-refractivity contribution in [3.8, 4) is 0 Å². The summed E-state index contributed by atoms with van der Waals surface area (Å²) in [5, 5.41) is 3.76. The highest BCUT2D eigenvalue weighted by molar-refractivity contribution is 7.20. The lowest BCUT2D eigenvalue weighted by Gasteiger charge is -2.33. The molecule has 3 aromatic rings. The van der Waals surface area contributed by atoms with Crippen LogP contribution in [0, 0.1) is 6.92 Å². The van der Waals surface area contributed by atoms with E-state index < -0.39 is 6.10 Å². The normalized spacial score (nSPS) is 16.7. The number of nitrogens with one attached hydrogen (secondary N) is 1. The van der Waals surface area contributed by atoms with Crippen molar-refractivity contribution in [1.82, 2.24) is 20.2 Å². The highest BCUT2D eigenvalue weighted by Crippen LogP contribution is 2.37. The summed E-state index contributed by atoms with van der Waals surface area (Å²) in [6, 6.07) is 3.79. The Labute approximate surface area is 181 Å². The van der Waals surface area contributed by atoms with E-state index in [1.54, 1.807) is 23.7 Å². The standard InChI is InChI=1S/C20H22N4O4S2/c1-12-16(29-11-23-12)20(26)24-7-9-28-14(10-24)15-13-4-3-5-22-19(13)30-17(15)18(25)21-6-8-27-2/h3-5,11,14H,6-10H2,1-2H3,(H,21,25). The quantitative estimate of drug-likeness (QED) is 0.585. The molecule has 4 heterocycles. The summed E-state index contributed by atoms with van der Waals surface area (Å²) in [6.45, 7) is 3.95. The highest BCUT2D eigenvalue weighted by atomic mass is 32.1. The van der Waals surface area contributed by atoms with E-state index in [9.17, 15) is 9.59 Å². The van der Waals surface area contributed by atoms with E-state index in [1.807, 2.05) is 19.1 Å². The molecule has 0 spiro atoms. The third kappa shape index (κ3) is 4.08. The lowest BCUT2D eigenvalue weighted by molar-refractivity contribution is -0.0221. The Morgan fingerprint density at radius 2 is 2.23 bits per heavy atom. The van der Waals surface area contributed by atoms with Gasteiger partial charge >= 0.3 is 0 Å². The topological polar surface area (TPSA) is 93.7 Å². The van der Waals surface area contributed by atoms with Crippen LogP contribution in [0.5, 0.6) is 0 Å². The number of carbonyl (C=O) groups excluding carboxylic acids is 2. The lowest BCUT2D eigenvalue weighted by atomic mass is 10.0. The Kier molecular flexibility index (Phi) is 6.38. The van der Waals surface area contributed by atoms with Gasteiger partial charge in [-0.15, -0.1) is 22.7 Å². The Balaban J connectivity index is 1.64. The molecule has 1 unspecified atom stereocenters. The first kappa shape index (κ1) is 20.9. The summed E-state index contributed by atoms with van der Waals surface area (Å²) in [5.74, 6) is -0.234. The molecule has 1 aliphatic rings. The number of pyridine rings is 1. The molecule has 0 bridgehead atoms. The van der Waals surface area contributed by atoms with Gasteiger partial charge in [0.1, 0.15) is 20.7 Å². The van der Waals surface area contributed by atoms with Crippen molar-refractivity contribution in [3.63, 3.8) is 0 Å². The van der Waals surface area contributed by atoms with Crippen LogP contribution in [0.2, 0.25) is 0 Å². The zero-order valence-corrected chi connectivity index (χ0v) is 18.3. The molecule has 8 nitrogen and oxygen atoms in total. The van der Waals surface area contributed by atoms with Crippen LogP contribution in [0.25, 0.3) is 10.2 Å². The number of hydrogen-bond acceptors (Lipinski definition) is 8. The van der Waals surface area contributed by atoms with E-state index in [2.05, 4.69) is 15.3 Å². The minimum Gasteiger partial charge on any atom is -0.383 e. The number of nitrogens with zero attached hydrogens (tertiary/aromatic N) is 3. The highest BCUT2D eigenvalue weighted by Gasteiger charge is 2.32. The monoisotopic (exact) mass is 446 g/mol. The van der Waals surface area contributed by atoms with Gasteiger partial charge in [0.25, 0.3) is 11.8 Å². The molecule has 10 heteroatoms. The average Bonchev–Trinajstić information content (AvgIpc) is 3.37. The number of ether oxygens (including phenoxy) is 2. The molecule has 1 saturated heterocycles. The Morgan fingerprint density at radius 1 is 1.37 bits per heavy atom. The summed E-state index contributed by atoms with van der Waals surface area (Å²) in [6.07, 6.45) is 1.30. The van der Waals surface area contributed by atoms with Crippen molar-refractivity contribution in [2.45, 2.75) is 13.0 Å². The second-order valence-electron chi connectivity index (χ2n) is 6.83. The van der Waals surface area contributed by atoms with Crippen molar-refractivity contribution >= 4 is 44.7 Å². The lowest BCUT2D eigenvalue weighted by Crippen LogP contribution is -2.42. The van der Waals surface area contributed by atoms with Gasteiger partial charge in [0.05, 0.1) is 31.0 Å². The van der Waals surface area contributed by atoms with Gasteiger partial charge in [-0.1, -0.05) is 6.07 Å². The van der Waals surface area contributed by atoms with Crippen molar-refractivity contribution in [3.05, 3.63) is 44.9 Å². The summed E-state index contributed by atoms with van der Waals surface area (Å²) < 4.78 is 11.1. The van der Waals surface area contributed by atoms with Crippen LogP contribution in [0.3, 0.4) is 0 Å². The largest absolute Gasteiger partial charge is 0.383 e. The van der Waals surface area contributed by atoms with E-state index in [0.29, 0.717) is 42.6 Å². The number of carbonyl (C=O) groups is 2. The molecule has 1 atom stereocenters.